The minimum atomic E-state index is -2.86. The Kier molecular flexibility index (Phi) is 6.07. The molecular formula is C22H26F2N2O3. The number of benzene rings is 2. The molecule has 1 heterocycles. The van der Waals surface area contributed by atoms with Crippen molar-refractivity contribution in [2.24, 2.45) is 0 Å². The summed E-state index contributed by atoms with van der Waals surface area (Å²) in [5, 5.41) is 0. The molecule has 1 saturated heterocycles. The number of carbonyl (C=O) groups excluding carboxylic acids is 1. The van der Waals surface area contributed by atoms with Gasteiger partial charge in [-0.05, 0) is 62.7 Å². The molecule has 156 valence electrons. The zero-order valence-corrected chi connectivity index (χ0v) is 17.1. The minimum Gasteiger partial charge on any atom is -0.497 e. The Bertz CT molecular complexity index is 838. The van der Waals surface area contributed by atoms with Gasteiger partial charge in [0.05, 0.1) is 12.6 Å². The number of rotatable bonds is 7. The number of alkyl halides is 2. The molecule has 0 aliphatic carbocycles. The van der Waals surface area contributed by atoms with E-state index < -0.39 is 12.2 Å². The third-order valence-electron chi connectivity index (χ3n) is 5.53. The van der Waals surface area contributed by atoms with Gasteiger partial charge in [-0.15, -0.1) is 0 Å². The number of likely N-dealkylation sites (N-methyl/N-ethyl adjacent to an activating group) is 1. The molecule has 1 fully saturated rings. The smallest absolute Gasteiger partial charge is 0.387 e. The molecule has 3 rings (SSSR count). The van der Waals surface area contributed by atoms with Crippen molar-refractivity contribution in [2.75, 3.05) is 20.7 Å². The summed E-state index contributed by atoms with van der Waals surface area (Å²) in [5.74, 6) is 0.919. The molecule has 0 spiro atoms. The molecular weight excluding hydrogens is 378 g/mol. The van der Waals surface area contributed by atoms with Crippen molar-refractivity contribution in [2.45, 2.75) is 38.6 Å². The van der Waals surface area contributed by atoms with E-state index in [4.69, 9.17) is 4.74 Å². The molecule has 1 amide bonds. The summed E-state index contributed by atoms with van der Waals surface area (Å²) in [6.07, 6.45) is 0.416. The summed E-state index contributed by atoms with van der Waals surface area (Å²) in [6, 6.07) is 14.2. The van der Waals surface area contributed by atoms with Crippen LogP contribution in [0.2, 0.25) is 0 Å². The fourth-order valence-electron chi connectivity index (χ4n) is 3.62. The van der Waals surface area contributed by atoms with E-state index in [-0.39, 0.29) is 17.8 Å². The summed E-state index contributed by atoms with van der Waals surface area (Å²) in [6.45, 7) is 1.46. The molecule has 1 atom stereocenters. The fraction of sp³-hybridized carbons (Fsp3) is 0.409. The fourth-order valence-corrected chi connectivity index (χ4v) is 3.62. The van der Waals surface area contributed by atoms with Gasteiger partial charge in [-0.25, -0.2) is 0 Å². The lowest BCUT2D eigenvalue weighted by molar-refractivity contribution is -0.132. The Balaban J connectivity index is 1.81. The van der Waals surface area contributed by atoms with E-state index in [1.807, 2.05) is 55.0 Å². The maximum Gasteiger partial charge on any atom is 0.387 e. The van der Waals surface area contributed by atoms with Gasteiger partial charge in [0.25, 0.3) is 0 Å². The molecule has 1 unspecified atom stereocenters. The van der Waals surface area contributed by atoms with E-state index in [0.29, 0.717) is 13.0 Å². The Morgan fingerprint density at radius 3 is 2.17 bits per heavy atom. The average molecular weight is 404 g/mol. The SMILES string of the molecule is COc1ccc(CCN2C(=O)C(C)(C)N(C)C2c2ccc(OC(F)F)cc2)cc1. The summed E-state index contributed by atoms with van der Waals surface area (Å²) in [5.41, 5.74) is 1.29. The van der Waals surface area contributed by atoms with Crippen LogP contribution in [0.1, 0.15) is 31.1 Å². The molecule has 1 aliphatic rings. The zero-order chi connectivity index (χ0) is 21.2. The van der Waals surface area contributed by atoms with Gasteiger partial charge in [0, 0.05) is 6.54 Å². The van der Waals surface area contributed by atoms with E-state index in [9.17, 15) is 13.6 Å². The van der Waals surface area contributed by atoms with Crippen LogP contribution in [0.25, 0.3) is 0 Å². The maximum absolute atomic E-state index is 13.1. The predicted octanol–water partition coefficient (Wildman–Crippen LogP) is 4.09. The second-order valence-corrected chi connectivity index (χ2v) is 7.59. The molecule has 5 nitrogen and oxygen atoms in total. The van der Waals surface area contributed by atoms with Crippen molar-refractivity contribution in [3.63, 3.8) is 0 Å². The first kappa shape index (κ1) is 21.0. The van der Waals surface area contributed by atoms with Gasteiger partial charge in [0.15, 0.2) is 0 Å². The summed E-state index contributed by atoms with van der Waals surface area (Å²) < 4.78 is 34.5. The summed E-state index contributed by atoms with van der Waals surface area (Å²) in [7, 11) is 3.53. The lowest BCUT2D eigenvalue weighted by Gasteiger charge is -2.30. The number of hydrogen-bond acceptors (Lipinski definition) is 4. The second kappa shape index (κ2) is 8.37. The Morgan fingerprint density at radius 1 is 1.03 bits per heavy atom. The van der Waals surface area contributed by atoms with Gasteiger partial charge >= 0.3 is 6.61 Å². The van der Waals surface area contributed by atoms with E-state index in [2.05, 4.69) is 4.74 Å². The lowest BCUT2D eigenvalue weighted by Crippen LogP contribution is -2.41. The van der Waals surface area contributed by atoms with Crippen LogP contribution in [0.5, 0.6) is 11.5 Å². The van der Waals surface area contributed by atoms with Crippen molar-refractivity contribution in [1.82, 2.24) is 9.80 Å². The number of hydrogen-bond donors (Lipinski definition) is 0. The minimum absolute atomic E-state index is 0.0337. The highest BCUT2D eigenvalue weighted by Gasteiger charge is 2.49. The molecule has 0 saturated carbocycles. The first-order chi connectivity index (χ1) is 13.7. The van der Waals surface area contributed by atoms with Crippen LogP contribution in [0.15, 0.2) is 48.5 Å². The van der Waals surface area contributed by atoms with Crippen LogP contribution in [0.4, 0.5) is 8.78 Å². The van der Waals surface area contributed by atoms with Crippen molar-refractivity contribution in [1.29, 1.82) is 0 Å². The number of ether oxygens (including phenoxy) is 2. The molecule has 2 aromatic carbocycles. The van der Waals surface area contributed by atoms with Crippen molar-refractivity contribution in [3.05, 3.63) is 59.7 Å². The first-order valence-corrected chi connectivity index (χ1v) is 9.45. The third kappa shape index (κ3) is 4.34. The number of carbonyl (C=O) groups is 1. The molecule has 0 radical (unpaired) electrons. The topological polar surface area (TPSA) is 42.0 Å². The van der Waals surface area contributed by atoms with Crippen LogP contribution in [-0.2, 0) is 11.2 Å². The highest BCUT2D eigenvalue weighted by molar-refractivity contribution is 5.88. The molecule has 1 aliphatic heterocycles. The third-order valence-corrected chi connectivity index (χ3v) is 5.53. The molecule has 2 aromatic rings. The normalized spacial score (nSPS) is 19.1. The standard InChI is InChI=1S/C22H26F2N2O3/c1-22(2)20(27)26(14-13-15-5-9-17(28-4)10-6-15)19(25(22)3)16-7-11-18(12-8-16)29-21(23)24/h5-12,19,21H,13-14H2,1-4H3. The van der Waals surface area contributed by atoms with E-state index in [0.717, 1.165) is 16.9 Å². The quantitative estimate of drug-likeness (QED) is 0.697. The highest BCUT2D eigenvalue weighted by atomic mass is 19.3. The lowest BCUT2D eigenvalue weighted by atomic mass is 10.0. The predicted molar refractivity (Wildman–Crippen MR) is 106 cm³/mol. The molecule has 0 bridgehead atoms. The van der Waals surface area contributed by atoms with Crippen LogP contribution in [-0.4, -0.2) is 48.6 Å². The number of nitrogens with zero attached hydrogens (tertiary/aromatic N) is 2. The second-order valence-electron chi connectivity index (χ2n) is 7.59. The average Bonchev–Trinajstić information content (AvgIpc) is 2.87. The Hall–Kier alpha value is -2.67. The van der Waals surface area contributed by atoms with Crippen LogP contribution >= 0.6 is 0 Å². The van der Waals surface area contributed by atoms with Gasteiger partial charge in [-0.2, -0.15) is 8.78 Å². The van der Waals surface area contributed by atoms with Crippen LogP contribution in [0, 0.1) is 0 Å². The Morgan fingerprint density at radius 2 is 1.62 bits per heavy atom. The molecule has 0 N–H and O–H groups in total. The monoisotopic (exact) mass is 404 g/mol. The van der Waals surface area contributed by atoms with Crippen LogP contribution in [0.3, 0.4) is 0 Å². The molecule has 7 heteroatoms. The van der Waals surface area contributed by atoms with Gasteiger partial charge in [-0.3, -0.25) is 9.69 Å². The largest absolute Gasteiger partial charge is 0.497 e. The first-order valence-electron chi connectivity index (χ1n) is 9.45. The number of amides is 1. The van der Waals surface area contributed by atoms with E-state index in [1.165, 1.54) is 12.1 Å². The van der Waals surface area contributed by atoms with E-state index in [1.54, 1.807) is 19.2 Å². The molecule has 0 aromatic heterocycles. The zero-order valence-electron chi connectivity index (χ0n) is 17.1. The van der Waals surface area contributed by atoms with Crippen molar-refractivity contribution >= 4 is 5.91 Å². The summed E-state index contributed by atoms with van der Waals surface area (Å²) in [4.78, 5) is 16.9. The number of methoxy groups -OCH3 is 1. The van der Waals surface area contributed by atoms with E-state index >= 15 is 0 Å². The maximum atomic E-state index is 13.1. The van der Waals surface area contributed by atoms with Gasteiger partial charge < -0.3 is 14.4 Å². The van der Waals surface area contributed by atoms with Gasteiger partial charge in [-0.1, -0.05) is 24.3 Å². The van der Waals surface area contributed by atoms with Gasteiger partial charge in [0.1, 0.15) is 17.7 Å². The van der Waals surface area contributed by atoms with Crippen molar-refractivity contribution in [3.8, 4) is 11.5 Å². The summed E-state index contributed by atoms with van der Waals surface area (Å²) >= 11 is 0. The van der Waals surface area contributed by atoms with Gasteiger partial charge in [0.2, 0.25) is 5.91 Å². The van der Waals surface area contributed by atoms with Crippen LogP contribution < -0.4 is 9.47 Å². The van der Waals surface area contributed by atoms with Crippen molar-refractivity contribution < 1.29 is 23.0 Å². The Labute approximate surface area is 169 Å². The number of halogens is 2. The highest BCUT2D eigenvalue weighted by Crippen LogP contribution is 2.39. The molecule has 29 heavy (non-hydrogen) atoms.